The third-order valence-electron chi connectivity index (χ3n) is 4.44. The van der Waals surface area contributed by atoms with E-state index < -0.39 is 0 Å². The molecule has 1 saturated heterocycles. The number of rotatable bonds is 5. The molecule has 1 aliphatic heterocycles. The Hall–Kier alpha value is -2.47. The lowest BCUT2D eigenvalue weighted by atomic mass is 10.0. The van der Waals surface area contributed by atoms with Crippen LogP contribution in [0.25, 0.3) is 6.08 Å². The first-order chi connectivity index (χ1) is 12.1. The van der Waals surface area contributed by atoms with Crippen molar-refractivity contribution in [1.82, 2.24) is 20.0 Å². The topological polar surface area (TPSA) is 50.2 Å². The standard InChI is InChI=1S/C19H23FN4O/c1-23-13-15(12-21-23)6-7-19(25)22-17-8-10-24(11-9-17)14-16-4-2-3-5-18(16)20/h2-7,12-13,17H,8-11,14H2,1H3,(H,22,25)/b7-6-. The molecule has 0 bridgehead atoms. The molecular weight excluding hydrogens is 319 g/mol. The molecule has 1 aromatic carbocycles. The van der Waals surface area contributed by atoms with Crippen LogP contribution in [-0.4, -0.2) is 39.7 Å². The van der Waals surface area contributed by atoms with Crippen LogP contribution < -0.4 is 5.32 Å². The maximum absolute atomic E-state index is 13.7. The summed E-state index contributed by atoms with van der Waals surface area (Å²) in [5.74, 6) is -0.241. The lowest BCUT2D eigenvalue weighted by Gasteiger charge is -2.32. The molecule has 0 aliphatic carbocycles. The molecule has 132 valence electrons. The second-order valence-corrected chi connectivity index (χ2v) is 6.43. The van der Waals surface area contributed by atoms with Gasteiger partial charge in [-0.3, -0.25) is 14.4 Å². The highest BCUT2D eigenvalue weighted by Gasteiger charge is 2.20. The molecule has 0 atom stereocenters. The maximum Gasteiger partial charge on any atom is 0.244 e. The Morgan fingerprint density at radius 3 is 2.80 bits per heavy atom. The fourth-order valence-electron chi connectivity index (χ4n) is 3.05. The van der Waals surface area contributed by atoms with Gasteiger partial charge in [0.1, 0.15) is 5.82 Å². The van der Waals surface area contributed by atoms with Gasteiger partial charge in [0.25, 0.3) is 0 Å². The first kappa shape index (κ1) is 17.4. The van der Waals surface area contributed by atoms with Gasteiger partial charge >= 0.3 is 0 Å². The minimum absolute atomic E-state index is 0.0867. The number of carbonyl (C=O) groups is 1. The monoisotopic (exact) mass is 342 g/mol. The van der Waals surface area contributed by atoms with Crippen molar-refractivity contribution in [3.63, 3.8) is 0 Å². The molecule has 0 unspecified atom stereocenters. The van der Waals surface area contributed by atoms with Gasteiger partial charge in [0, 0.05) is 56.1 Å². The lowest BCUT2D eigenvalue weighted by Crippen LogP contribution is -2.43. The van der Waals surface area contributed by atoms with Crippen LogP contribution >= 0.6 is 0 Å². The second kappa shape index (κ2) is 8.07. The Morgan fingerprint density at radius 2 is 2.12 bits per heavy atom. The number of carbonyl (C=O) groups excluding carboxylic acids is 1. The number of nitrogens with one attached hydrogen (secondary N) is 1. The molecule has 1 aromatic heterocycles. The molecule has 0 saturated carbocycles. The zero-order chi connectivity index (χ0) is 17.6. The van der Waals surface area contributed by atoms with Crippen molar-refractivity contribution in [3.8, 4) is 0 Å². The van der Waals surface area contributed by atoms with E-state index in [2.05, 4.69) is 15.3 Å². The number of piperidine rings is 1. The van der Waals surface area contributed by atoms with Crippen molar-refractivity contribution in [2.24, 2.45) is 7.05 Å². The summed E-state index contributed by atoms with van der Waals surface area (Å²) in [6.07, 6.45) is 8.62. The second-order valence-electron chi connectivity index (χ2n) is 6.43. The Bertz CT molecular complexity index is 747. The number of aromatic nitrogens is 2. The molecule has 3 rings (SSSR count). The Balaban J connectivity index is 1.44. The summed E-state index contributed by atoms with van der Waals surface area (Å²) >= 11 is 0. The highest BCUT2D eigenvalue weighted by Crippen LogP contribution is 2.15. The predicted octanol–water partition coefficient (Wildman–Crippen LogP) is 2.35. The van der Waals surface area contributed by atoms with Gasteiger partial charge in [-0.15, -0.1) is 0 Å². The first-order valence-electron chi connectivity index (χ1n) is 8.53. The van der Waals surface area contributed by atoms with Crippen LogP contribution in [0.5, 0.6) is 0 Å². The van der Waals surface area contributed by atoms with Crippen molar-refractivity contribution >= 4 is 12.0 Å². The maximum atomic E-state index is 13.7. The number of likely N-dealkylation sites (tertiary alicyclic amines) is 1. The van der Waals surface area contributed by atoms with Gasteiger partial charge < -0.3 is 5.32 Å². The van der Waals surface area contributed by atoms with E-state index in [0.717, 1.165) is 37.1 Å². The van der Waals surface area contributed by atoms with Crippen molar-refractivity contribution in [2.45, 2.75) is 25.4 Å². The van der Waals surface area contributed by atoms with Gasteiger partial charge in [-0.05, 0) is 25.0 Å². The van der Waals surface area contributed by atoms with Gasteiger partial charge in [0.05, 0.1) is 6.20 Å². The number of amides is 1. The highest BCUT2D eigenvalue weighted by molar-refractivity contribution is 5.91. The van der Waals surface area contributed by atoms with Gasteiger partial charge in [-0.2, -0.15) is 5.10 Å². The fraction of sp³-hybridized carbons (Fsp3) is 0.368. The average Bonchev–Trinajstić information content (AvgIpc) is 3.02. The summed E-state index contributed by atoms with van der Waals surface area (Å²) in [6, 6.07) is 7.06. The zero-order valence-corrected chi connectivity index (χ0v) is 14.4. The van der Waals surface area contributed by atoms with Crippen LogP contribution in [0.4, 0.5) is 4.39 Å². The minimum Gasteiger partial charge on any atom is -0.350 e. The number of aryl methyl sites for hydroxylation is 1. The van der Waals surface area contributed by atoms with Crippen LogP contribution in [0.1, 0.15) is 24.0 Å². The molecule has 1 amide bonds. The minimum atomic E-state index is -0.154. The SMILES string of the molecule is Cn1cc(/C=C\C(=O)NC2CCN(Cc3ccccc3F)CC2)cn1. The van der Waals surface area contributed by atoms with Crippen LogP contribution in [0.3, 0.4) is 0 Å². The normalized spacial score (nSPS) is 16.4. The van der Waals surface area contributed by atoms with E-state index in [1.165, 1.54) is 6.07 Å². The summed E-state index contributed by atoms with van der Waals surface area (Å²) in [5, 5.41) is 7.10. The van der Waals surface area contributed by atoms with E-state index in [9.17, 15) is 9.18 Å². The van der Waals surface area contributed by atoms with Gasteiger partial charge in [0.2, 0.25) is 5.91 Å². The zero-order valence-electron chi connectivity index (χ0n) is 14.4. The number of hydrogen-bond donors (Lipinski definition) is 1. The van der Waals surface area contributed by atoms with E-state index >= 15 is 0 Å². The Labute approximate surface area is 147 Å². The third-order valence-corrected chi connectivity index (χ3v) is 4.44. The van der Waals surface area contributed by atoms with Crippen molar-refractivity contribution in [2.75, 3.05) is 13.1 Å². The summed E-state index contributed by atoms with van der Waals surface area (Å²) < 4.78 is 15.4. The summed E-state index contributed by atoms with van der Waals surface area (Å²) in [6.45, 7) is 2.32. The molecule has 2 aromatic rings. The van der Waals surface area contributed by atoms with Gasteiger partial charge in [0.15, 0.2) is 0 Å². The van der Waals surface area contributed by atoms with Crippen LogP contribution in [-0.2, 0) is 18.4 Å². The smallest absolute Gasteiger partial charge is 0.244 e. The molecule has 25 heavy (non-hydrogen) atoms. The van der Waals surface area contributed by atoms with Crippen LogP contribution in [0.15, 0.2) is 42.7 Å². The first-order valence-corrected chi connectivity index (χ1v) is 8.53. The quantitative estimate of drug-likeness (QED) is 0.849. The summed E-state index contributed by atoms with van der Waals surface area (Å²) in [7, 11) is 1.84. The molecule has 6 heteroatoms. The Kier molecular flexibility index (Phi) is 5.60. The molecule has 0 radical (unpaired) electrons. The molecule has 0 spiro atoms. The molecule has 1 fully saturated rings. The van der Waals surface area contributed by atoms with Gasteiger partial charge in [-0.1, -0.05) is 18.2 Å². The number of hydrogen-bond acceptors (Lipinski definition) is 3. The number of halogens is 1. The summed E-state index contributed by atoms with van der Waals surface area (Å²) in [4.78, 5) is 14.2. The van der Waals surface area contributed by atoms with E-state index in [1.807, 2.05) is 25.4 Å². The largest absolute Gasteiger partial charge is 0.350 e. The third kappa shape index (κ3) is 5.00. The van der Waals surface area contributed by atoms with Gasteiger partial charge in [-0.25, -0.2) is 4.39 Å². The van der Waals surface area contributed by atoms with E-state index in [4.69, 9.17) is 0 Å². The van der Waals surface area contributed by atoms with E-state index in [-0.39, 0.29) is 17.8 Å². The predicted molar refractivity (Wildman–Crippen MR) is 95.1 cm³/mol. The van der Waals surface area contributed by atoms with Crippen LogP contribution in [0, 0.1) is 5.82 Å². The van der Waals surface area contributed by atoms with E-state index in [0.29, 0.717) is 6.54 Å². The van der Waals surface area contributed by atoms with Crippen molar-refractivity contribution in [1.29, 1.82) is 0 Å². The summed E-state index contributed by atoms with van der Waals surface area (Å²) in [5.41, 5.74) is 1.63. The number of benzene rings is 1. The average molecular weight is 342 g/mol. The molecule has 1 aliphatic rings. The molecule has 5 nitrogen and oxygen atoms in total. The van der Waals surface area contributed by atoms with E-state index in [1.54, 1.807) is 29.1 Å². The molecule has 2 heterocycles. The van der Waals surface area contributed by atoms with Crippen LogP contribution in [0.2, 0.25) is 0 Å². The molecular formula is C19H23FN4O. The lowest BCUT2D eigenvalue weighted by molar-refractivity contribution is -0.117. The van der Waals surface area contributed by atoms with Crippen molar-refractivity contribution in [3.05, 3.63) is 59.7 Å². The Morgan fingerprint density at radius 1 is 1.36 bits per heavy atom. The number of nitrogens with zero attached hydrogens (tertiary/aromatic N) is 3. The van der Waals surface area contributed by atoms with Crippen molar-refractivity contribution < 1.29 is 9.18 Å². The molecule has 1 N–H and O–H groups in total. The highest BCUT2D eigenvalue weighted by atomic mass is 19.1. The fourth-order valence-corrected chi connectivity index (χ4v) is 3.05.